The van der Waals surface area contributed by atoms with Gasteiger partial charge in [0.1, 0.15) is 6.04 Å². The number of hydrogen-bond acceptors (Lipinski definition) is 2. The average Bonchev–Trinajstić information content (AvgIpc) is 2.77. The highest BCUT2D eigenvalue weighted by Crippen LogP contribution is 2.25. The first-order valence-corrected chi connectivity index (χ1v) is 6.95. The van der Waals surface area contributed by atoms with E-state index in [2.05, 4.69) is 22.6 Å². The van der Waals surface area contributed by atoms with E-state index in [1.807, 2.05) is 0 Å². The number of likely N-dealkylation sites (tertiary alicyclic amines) is 1. The lowest BCUT2D eigenvalue weighted by atomic mass is 10.1. The van der Waals surface area contributed by atoms with E-state index in [9.17, 15) is 9.59 Å². The molecule has 1 N–H and O–H groups in total. The smallest absolute Gasteiger partial charge is 0.326 e. The first-order chi connectivity index (χ1) is 8.50. The van der Waals surface area contributed by atoms with Crippen LogP contribution in [0, 0.1) is 3.57 Å². The molecule has 0 aromatic heterocycles. The molecule has 1 fully saturated rings. The molecule has 1 saturated heterocycles. The fourth-order valence-corrected chi connectivity index (χ4v) is 3.02. The summed E-state index contributed by atoms with van der Waals surface area (Å²) in [5.74, 6) is -1.26. The molecule has 0 aliphatic carbocycles. The second-order valence-electron chi connectivity index (χ2n) is 4.12. The van der Waals surface area contributed by atoms with E-state index >= 15 is 0 Å². The van der Waals surface area contributed by atoms with Crippen molar-refractivity contribution in [3.8, 4) is 0 Å². The van der Waals surface area contributed by atoms with E-state index in [0.717, 1.165) is 3.57 Å². The standard InChI is InChI=1S/C12H11ClINO3/c13-9-6-7(14)3-4-8(9)11(16)15-5-1-2-10(15)12(17)18/h3-4,6,10H,1-2,5H2,(H,17,18). The number of amides is 1. The van der Waals surface area contributed by atoms with Crippen LogP contribution in [0.1, 0.15) is 23.2 Å². The predicted molar refractivity (Wildman–Crippen MR) is 75.9 cm³/mol. The van der Waals surface area contributed by atoms with Crippen LogP contribution in [0.3, 0.4) is 0 Å². The van der Waals surface area contributed by atoms with Crippen molar-refractivity contribution in [2.75, 3.05) is 6.54 Å². The summed E-state index contributed by atoms with van der Waals surface area (Å²) in [6.07, 6.45) is 1.22. The number of benzene rings is 1. The van der Waals surface area contributed by atoms with E-state index in [1.165, 1.54) is 4.90 Å². The maximum Gasteiger partial charge on any atom is 0.326 e. The average molecular weight is 380 g/mol. The third-order valence-electron chi connectivity index (χ3n) is 2.96. The molecule has 6 heteroatoms. The number of carboxylic acids is 1. The minimum atomic E-state index is -0.956. The highest BCUT2D eigenvalue weighted by Gasteiger charge is 2.34. The number of nitrogens with zero attached hydrogens (tertiary/aromatic N) is 1. The van der Waals surface area contributed by atoms with Crippen molar-refractivity contribution in [3.63, 3.8) is 0 Å². The molecule has 0 saturated carbocycles. The van der Waals surface area contributed by atoms with Crippen LogP contribution in [0.2, 0.25) is 5.02 Å². The molecule has 1 aliphatic heterocycles. The van der Waals surface area contributed by atoms with Crippen molar-refractivity contribution in [2.45, 2.75) is 18.9 Å². The zero-order chi connectivity index (χ0) is 13.3. The van der Waals surface area contributed by atoms with E-state index in [-0.39, 0.29) is 5.91 Å². The number of halogens is 2. The molecule has 0 radical (unpaired) electrons. The lowest BCUT2D eigenvalue weighted by molar-refractivity contribution is -0.141. The summed E-state index contributed by atoms with van der Waals surface area (Å²) in [7, 11) is 0. The Morgan fingerprint density at radius 2 is 2.17 bits per heavy atom. The topological polar surface area (TPSA) is 57.6 Å². The highest BCUT2D eigenvalue weighted by molar-refractivity contribution is 14.1. The molecule has 1 aromatic rings. The SMILES string of the molecule is O=C(O)C1CCCN1C(=O)c1ccc(I)cc1Cl. The summed E-state index contributed by atoms with van der Waals surface area (Å²) in [5.41, 5.74) is 0.366. The first-order valence-electron chi connectivity index (χ1n) is 5.49. The zero-order valence-electron chi connectivity index (χ0n) is 9.40. The normalized spacial score (nSPS) is 19.0. The second kappa shape index (κ2) is 5.44. The van der Waals surface area contributed by atoms with Gasteiger partial charge in [-0.2, -0.15) is 0 Å². The molecule has 1 atom stereocenters. The van der Waals surface area contributed by atoms with Gasteiger partial charge in [0.15, 0.2) is 0 Å². The van der Waals surface area contributed by atoms with Gasteiger partial charge in [-0.1, -0.05) is 11.6 Å². The van der Waals surface area contributed by atoms with Gasteiger partial charge in [-0.15, -0.1) is 0 Å². The van der Waals surface area contributed by atoms with Gasteiger partial charge in [-0.3, -0.25) is 4.79 Å². The molecule has 1 aliphatic rings. The number of carbonyl (C=O) groups is 2. The molecule has 1 amide bonds. The summed E-state index contributed by atoms with van der Waals surface area (Å²) in [6, 6.07) is 4.39. The summed E-state index contributed by atoms with van der Waals surface area (Å²) in [6.45, 7) is 0.470. The Balaban J connectivity index is 2.28. The fraction of sp³-hybridized carbons (Fsp3) is 0.333. The van der Waals surface area contributed by atoms with Gasteiger partial charge in [-0.05, 0) is 53.6 Å². The molecule has 0 spiro atoms. The number of aliphatic carboxylic acids is 1. The summed E-state index contributed by atoms with van der Waals surface area (Å²) < 4.78 is 0.936. The van der Waals surface area contributed by atoms with Crippen LogP contribution in [0.15, 0.2) is 18.2 Å². The molecule has 1 unspecified atom stereocenters. The fourth-order valence-electron chi connectivity index (χ4n) is 2.08. The molecule has 1 aromatic carbocycles. The Labute approximate surface area is 123 Å². The Hall–Kier alpha value is -0.820. The van der Waals surface area contributed by atoms with Gasteiger partial charge in [0, 0.05) is 10.1 Å². The number of carboxylic acid groups (broad SMARTS) is 1. The van der Waals surface area contributed by atoms with Gasteiger partial charge >= 0.3 is 5.97 Å². The van der Waals surface area contributed by atoms with Gasteiger partial charge < -0.3 is 10.0 Å². The molecular weight excluding hydrogens is 368 g/mol. The molecular formula is C12H11ClINO3. The maximum atomic E-state index is 12.3. The van der Waals surface area contributed by atoms with Crippen LogP contribution in [-0.2, 0) is 4.79 Å². The highest BCUT2D eigenvalue weighted by atomic mass is 127. The van der Waals surface area contributed by atoms with Crippen molar-refractivity contribution >= 4 is 46.1 Å². The van der Waals surface area contributed by atoms with E-state index in [0.29, 0.717) is 30.0 Å². The Morgan fingerprint density at radius 3 is 2.78 bits per heavy atom. The van der Waals surface area contributed by atoms with Crippen LogP contribution >= 0.6 is 34.2 Å². The molecule has 0 bridgehead atoms. The minimum Gasteiger partial charge on any atom is -0.480 e. The number of hydrogen-bond donors (Lipinski definition) is 1. The van der Waals surface area contributed by atoms with E-state index in [1.54, 1.807) is 18.2 Å². The van der Waals surface area contributed by atoms with Crippen LogP contribution in [-0.4, -0.2) is 34.5 Å². The van der Waals surface area contributed by atoms with Gasteiger partial charge in [0.05, 0.1) is 10.6 Å². The third-order valence-corrected chi connectivity index (χ3v) is 3.94. The maximum absolute atomic E-state index is 12.3. The predicted octanol–water partition coefficient (Wildman–Crippen LogP) is 2.63. The van der Waals surface area contributed by atoms with Crippen molar-refractivity contribution in [1.82, 2.24) is 4.90 Å². The van der Waals surface area contributed by atoms with Gasteiger partial charge in [0.2, 0.25) is 0 Å². The summed E-state index contributed by atoms with van der Waals surface area (Å²) in [5, 5.41) is 9.43. The molecule has 18 heavy (non-hydrogen) atoms. The van der Waals surface area contributed by atoms with Crippen molar-refractivity contribution in [3.05, 3.63) is 32.4 Å². The van der Waals surface area contributed by atoms with Crippen molar-refractivity contribution in [2.24, 2.45) is 0 Å². The van der Waals surface area contributed by atoms with Gasteiger partial charge in [-0.25, -0.2) is 4.79 Å². The number of rotatable bonds is 2. The monoisotopic (exact) mass is 379 g/mol. The lowest BCUT2D eigenvalue weighted by Gasteiger charge is -2.21. The molecule has 1 heterocycles. The third kappa shape index (κ3) is 2.61. The van der Waals surface area contributed by atoms with Crippen LogP contribution in [0.5, 0.6) is 0 Å². The Kier molecular flexibility index (Phi) is 4.11. The molecule has 2 rings (SSSR count). The van der Waals surface area contributed by atoms with Crippen molar-refractivity contribution < 1.29 is 14.7 Å². The summed E-state index contributed by atoms with van der Waals surface area (Å²) in [4.78, 5) is 24.7. The summed E-state index contributed by atoms with van der Waals surface area (Å²) >= 11 is 8.14. The zero-order valence-corrected chi connectivity index (χ0v) is 12.3. The molecule has 4 nitrogen and oxygen atoms in total. The Morgan fingerprint density at radius 1 is 1.44 bits per heavy atom. The van der Waals surface area contributed by atoms with Crippen molar-refractivity contribution in [1.29, 1.82) is 0 Å². The van der Waals surface area contributed by atoms with Crippen LogP contribution in [0.4, 0.5) is 0 Å². The Bertz CT molecular complexity index is 506. The van der Waals surface area contributed by atoms with E-state index < -0.39 is 12.0 Å². The van der Waals surface area contributed by atoms with E-state index in [4.69, 9.17) is 16.7 Å². The number of carbonyl (C=O) groups excluding carboxylic acids is 1. The minimum absolute atomic E-state index is 0.304. The van der Waals surface area contributed by atoms with Crippen LogP contribution < -0.4 is 0 Å². The van der Waals surface area contributed by atoms with Crippen LogP contribution in [0.25, 0.3) is 0 Å². The quantitative estimate of drug-likeness (QED) is 0.804. The van der Waals surface area contributed by atoms with Gasteiger partial charge in [0.25, 0.3) is 5.91 Å². The molecule has 96 valence electrons. The largest absolute Gasteiger partial charge is 0.480 e. The lowest BCUT2D eigenvalue weighted by Crippen LogP contribution is -2.40. The second-order valence-corrected chi connectivity index (χ2v) is 5.77. The first kappa shape index (κ1) is 13.6.